The van der Waals surface area contributed by atoms with Crippen LogP contribution in [-0.4, -0.2) is 19.5 Å². The van der Waals surface area contributed by atoms with E-state index in [1.807, 2.05) is 6.07 Å². The molecule has 0 aliphatic rings. The van der Waals surface area contributed by atoms with Crippen molar-refractivity contribution in [3.05, 3.63) is 35.9 Å². The van der Waals surface area contributed by atoms with Gasteiger partial charge >= 0.3 is 5.97 Å². The molecule has 0 radical (unpaired) electrons. The average molecular weight is 179 g/mol. The van der Waals surface area contributed by atoms with Gasteiger partial charge in [-0.1, -0.05) is 23.4 Å². The SMILES string of the molecule is CON=COC(=O)c1ccccc1. The third kappa shape index (κ3) is 2.94. The number of esters is 1. The predicted molar refractivity (Wildman–Crippen MR) is 47.4 cm³/mol. The number of ether oxygens (including phenoxy) is 1. The fourth-order valence-corrected chi connectivity index (χ4v) is 0.755. The van der Waals surface area contributed by atoms with Gasteiger partial charge in [-0.2, -0.15) is 0 Å². The molecule has 0 spiro atoms. The van der Waals surface area contributed by atoms with Gasteiger partial charge in [0.1, 0.15) is 7.11 Å². The minimum Gasteiger partial charge on any atom is -0.407 e. The summed E-state index contributed by atoms with van der Waals surface area (Å²) in [5, 5.41) is 3.27. The Kier molecular flexibility index (Phi) is 3.50. The fraction of sp³-hybridized carbons (Fsp3) is 0.111. The van der Waals surface area contributed by atoms with Crippen molar-refractivity contribution < 1.29 is 14.4 Å². The molecule has 1 aromatic rings. The number of hydrogen-bond acceptors (Lipinski definition) is 4. The van der Waals surface area contributed by atoms with Crippen LogP contribution in [0.15, 0.2) is 35.5 Å². The summed E-state index contributed by atoms with van der Waals surface area (Å²) in [6, 6.07) is 8.64. The number of benzene rings is 1. The maximum Gasteiger partial charge on any atom is 0.344 e. The van der Waals surface area contributed by atoms with E-state index in [1.54, 1.807) is 24.3 Å². The van der Waals surface area contributed by atoms with Gasteiger partial charge in [0.25, 0.3) is 0 Å². The number of hydrogen-bond donors (Lipinski definition) is 0. The molecule has 0 aliphatic heterocycles. The molecular formula is C9H9NO3. The van der Waals surface area contributed by atoms with Gasteiger partial charge in [-0.25, -0.2) is 4.79 Å². The molecule has 0 atom stereocenters. The molecule has 0 bridgehead atoms. The summed E-state index contributed by atoms with van der Waals surface area (Å²) in [6.45, 7) is 0. The highest BCUT2D eigenvalue weighted by atomic mass is 16.6. The zero-order chi connectivity index (χ0) is 9.52. The Balaban J connectivity index is 2.54. The van der Waals surface area contributed by atoms with Crippen molar-refractivity contribution in [2.45, 2.75) is 0 Å². The summed E-state index contributed by atoms with van der Waals surface area (Å²) >= 11 is 0. The van der Waals surface area contributed by atoms with Crippen molar-refractivity contribution in [2.75, 3.05) is 7.11 Å². The van der Waals surface area contributed by atoms with Crippen LogP contribution >= 0.6 is 0 Å². The van der Waals surface area contributed by atoms with Gasteiger partial charge in [-0.05, 0) is 12.1 Å². The molecule has 1 rings (SSSR count). The van der Waals surface area contributed by atoms with Crippen molar-refractivity contribution in [1.29, 1.82) is 0 Å². The zero-order valence-electron chi connectivity index (χ0n) is 7.14. The molecule has 0 N–H and O–H groups in total. The second-order valence-corrected chi connectivity index (χ2v) is 2.16. The van der Waals surface area contributed by atoms with Gasteiger partial charge in [0.2, 0.25) is 6.40 Å². The smallest absolute Gasteiger partial charge is 0.344 e. The van der Waals surface area contributed by atoms with Gasteiger partial charge in [0.05, 0.1) is 5.56 Å². The van der Waals surface area contributed by atoms with Crippen molar-refractivity contribution in [3.63, 3.8) is 0 Å². The minimum atomic E-state index is -0.457. The van der Waals surface area contributed by atoms with Crippen LogP contribution in [0.5, 0.6) is 0 Å². The van der Waals surface area contributed by atoms with Gasteiger partial charge in [0, 0.05) is 0 Å². The lowest BCUT2D eigenvalue weighted by Crippen LogP contribution is -2.02. The van der Waals surface area contributed by atoms with Gasteiger partial charge < -0.3 is 9.57 Å². The lowest BCUT2D eigenvalue weighted by Gasteiger charge is -1.96. The normalized spacial score (nSPS) is 9.92. The zero-order valence-corrected chi connectivity index (χ0v) is 7.14. The number of carbonyl (C=O) groups excluding carboxylic acids is 1. The first-order chi connectivity index (χ1) is 6.34. The first kappa shape index (κ1) is 9.25. The summed E-state index contributed by atoms with van der Waals surface area (Å²) in [5.41, 5.74) is 0.477. The van der Waals surface area contributed by atoms with E-state index in [1.165, 1.54) is 7.11 Å². The second kappa shape index (κ2) is 4.92. The molecule has 4 heteroatoms. The summed E-state index contributed by atoms with van der Waals surface area (Å²) in [4.78, 5) is 15.5. The Morgan fingerprint density at radius 1 is 1.38 bits per heavy atom. The second-order valence-electron chi connectivity index (χ2n) is 2.16. The Morgan fingerprint density at radius 2 is 2.08 bits per heavy atom. The quantitative estimate of drug-likeness (QED) is 0.305. The number of rotatable bonds is 3. The highest BCUT2D eigenvalue weighted by molar-refractivity contribution is 5.93. The summed E-state index contributed by atoms with van der Waals surface area (Å²) in [7, 11) is 1.37. The molecule has 13 heavy (non-hydrogen) atoms. The van der Waals surface area contributed by atoms with E-state index in [4.69, 9.17) is 0 Å². The molecule has 68 valence electrons. The summed E-state index contributed by atoms with van der Waals surface area (Å²) < 4.78 is 4.61. The molecule has 0 saturated carbocycles. The van der Waals surface area contributed by atoms with E-state index in [2.05, 4.69) is 14.7 Å². The first-order valence-electron chi connectivity index (χ1n) is 3.65. The highest BCUT2D eigenvalue weighted by Crippen LogP contribution is 1.99. The van der Waals surface area contributed by atoms with Crippen molar-refractivity contribution >= 4 is 12.4 Å². The Bertz CT molecular complexity index is 295. The first-order valence-corrected chi connectivity index (χ1v) is 3.65. The van der Waals surface area contributed by atoms with Crippen LogP contribution in [0.1, 0.15) is 10.4 Å². The van der Waals surface area contributed by atoms with E-state index < -0.39 is 5.97 Å². The van der Waals surface area contributed by atoms with E-state index in [9.17, 15) is 4.79 Å². The molecular weight excluding hydrogens is 170 g/mol. The van der Waals surface area contributed by atoms with Crippen LogP contribution in [-0.2, 0) is 9.57 Å². The summed E-state index contributed by atoms with van der Waals surface area (Å²) in [5.74, 6) is -0.457. The standard InChI is InChI=1S/C9H9NO3/c1-12-10-7-13-9(11)8-5-3-2-4-6-8/h2-7H,1H3. The largest absolute Gasteiger partial charge is 0.407 e. The van der Waals surface area contributed by atoms with Crippen LogP contribution in [0.2, 0.25) is 0 Å². The molecule has 0 fully saturated rings. The molecule has 4 nitrogen and oxygen atoms in total. The Labute approximate surface area is 75.8 Å². The Hall–Kier alpha value is -1.84. The third-order valence-electron chi connectivity index (χ3n) is 1.32. The van der Waals surface area contributed by atoms with Crippen LogP contribution in [0, 0.1) is 0 Å². The van der Waals surface area contributed by atoms with E-state index in [0.717, 1.165) is 6.40 Å². The molecule has 0 aliphatic carbocycles. The van der Waals surface area contributed by atoms with Gasteiger partial charge in [0.15, 0.2) is 0 Å². The van der Waals surface area contributed by atoms with Crippen LogP contribution in [0.3, 0.4) is 0 Å². The van der Waals surface area contributed by atoms with Crippen molar-refractivity contribution in [2.24, 2.45) is 5.16 Å². The number of oxime groups is 1. The minimum absolute atomic E-state index is 0.457. The lowest BCUT2D eigenvalue weighted by atomic mass is 10.2. The number of nitrogens with zero attached hydrogens (tertiary/aromatic N) is 1. The van der Waals surface area contributed by atoms with E-state index in [-0.39, 0.29) is 0 Å². The lowest BCUT2D eigenvalue weighted by molar-refractivity contribution is 0.0716. The highest BCUT2D eigenvalue weighted by Gasteiger charge is 2.03. The third-order valence-corrected chi connectivity index (χ3v) is 1.32. The topological polar surface area (TPSA) is 47.9 Å². The van der Waals surface area contributed by atoms with Gasteiger partial charge in [-0.3, -0.25) is 0 Å². The van der Waals surface area contributed by atoms with Crippen molar-refractivity contribution in [3.8, 4) is 0 Å². The van der Waals surface area contributed by atoms with Crippen LogP contribution in [0.25, 0.3) is 0 Å². The molecule has 0 unspecified atom stereocenters. The van der Waals surface area contributed by atoms with Crippen molar-refractivity contribution in [1.82, 2.24) is 0 Å². The predicted octanol–water partition coefficient (Wildman–Crippen LogP) is 1.43. The molecule has 0 aromatic heterocycles. The van der Waals surface area contributed by atoms with E-state index >= 15 is 0 Å². The van der Waals surface area contributed by atoms with E-state index in [0.29, 0.717) is 5.56 Å². The monoisotopic (exact) mass is 179 g/mol. The molecule has 0 amide bonds. The number of carbonyl (C=O) groups is 1. The molecule has 0 heterocycles. The molecule has 1 aromatic carbocycles. The van der Waals surface area contributed by atoms with Crippen LogP contribution in [0.4, 0.5) is 0 Å². The maximum atomic E-state index is 11.2. The average Bonchev–Trinajstić information content (AvgIpc) is 2.19. The fourth-order valence-electron chi connectivity index (χ4n) is 0.755. The summed E-state index contributed by atoms with van der Waals surface area (Å²) in [6.07, 6.45) is 0.954. The Morgan fingerprint density at radius 3 is 2.69 bits per heavy atom. The molecule has 0 saturated heterocycles. The van der Waals surface area contributed by atoms with Crippen LogP contribution < -0.4 is 0 Å². The van der Waals surface area contributed by atoms with Gasteiger partial charge in [-0.15, -0.1) is 0 Å². The maximum absolute atomic E-state index is 11.2.